The zero-order valence-corrected chi connectivity index (χ0v) is 20.4. The molecule has 1 N–H and O–H groups in total. The summed E-state index contributed by atoms with van der Waals surface area (Å²) in [6.45, 7) is 0. The fourth-order valence-corrected chi connectivity index (χ4v) is 4.21. The highest BCUT2D eigenvalue weighted by atomic mass is 79.9. The van der Waals surface area contributed by atoms with Crippen molar-refractivity contribution in [3.8, 4) is 17.6 Å². The van der Waals surface area contributed by atoms with Crippen LogP contribution in [0.4, 0.5) is 24.5 Å². The minimum Gasteiger partial charge on any atom is -0.448 e. The van der Waals surface area contributed by atoms with E-state index in [9.17, 15) is 33.3 Å². The lowest BCUT2D eigenvalue weighted by Gasteiger charge is -2.13. The number of carbonyl (C=O) groups excluding carboxylic acids is 1. The maximum atomic E-state index is 12.9. The van der Waals surface area contributed by atoms with Gasteiger partial charge in [0.25, 0.3) is 5.91 Å². The summed E-state index contributed by atoms with van der Waals surface area (Å²) in [6, 6.07) is 15.2. The second-order valence-corrected chi connectivity index (χ2v) is 8.55. The van der Waals surface area contributed by atoms with Crippen molar-refractivity contribution in [3.63, 3.8) is 0 Å². The van der Waals surface area contributed by atoms with E-state index < -0.39 is 34.0 Å². The molecule has 0 heterocycles. The van der Waals surface area contributed by atoms with Gasteiger partial charge in [-0.3, -0.25) is 14.9 Å². The highest BCUT2D eigenvalue weighted by Gasteiger charge is 2.33. The number of hydrogen-bond acceptors (Lipinski definition) is 5. The lowest BCUT2D eigenvalue weighted by atomic mass is 10.1. The number of benzene rings is 3. The molecule has 0 aromatic heterocycles. The van der Waals surface area contributed by atoms with Gasteiger partial charge in [-0.25, -0.2) is 0 Å². The third-order valence-corrected chi connectivity index (χ3v) is 5.60. The van der Waals surface area contributed by atoms with E-state index >= 15 is 0 Å². The van der Waals surface area contributed by atoms with Crippen LogP contribution in [0, 0.1) is 21.4 Å². The van der Waals surface area contributed by atoms with Crippen LogP contribution < -0.4 is 10.1 Å². The predicted molar refractivity (Wildman–Crippen MR) is 129 cm³/mol. The quantitative estimate of drug-likeness (QED) is 0.135. The third-order valence-electron chi connectivity index (χ3n) is 4.42. The Hall–Kier alpha value is -3.69. The van der Waals surface area contributed by atoms with E-state index in [2.05, 4.69) is 37.2 Å². The second-order valence-electron chi connectivity index (χ2n) is 6.84. The number of alkyl halides is 3. The number of carbonyl (C=O) groups is 1. The van der Waals surface area contributed by atoms with Crippen LogP contribution in [0.2, 0.25) is 0 Å². The number of rotatable bonds is 6. The molecule has 12 heteroatoms. The summed E-state index contributed by atoms with van der Waals surface area (Å²) in [4.78, 5) is 22.8. The summed E-state index contributed by atoms with van der Waals surface area (Å²) in [5.74, 6) is -1.00. The molecule has 0 radical (unpaired) electrons. The monoisotopic (exact) mass is 609 g/mol. The molecule has 0 fully saturated rings. The molecule has 0 spiro atoms. The summed E-state index contributed by atoms with van der Waals surface area (Å²) < 4.78 is 44.9. The molecule has 0 aliphatic heterocycles. The van der Waals surface area contributed by atoms with Crippen LogP contribution in [0.1, 0.15) is 11.1 Å². The van der Waals surface area contributed by atoms with Crippen LogP contribution in [0.25, 0.3) is 6.08 Å². The predicted octanol–water partition coefficient (Wildman–Crippen LogP) is 7.48. The van der Waals surface area contributed by atoms with Gasteiger partial charge in [0, 0.05) is 11.8 Å². The van der Waals surface area contributed by atoms with E-state index in [1.807, 2.05) is 6.07 Å². The van der Waals surface area contributed by atoms with Crippen molar-refractivity contribution >= 4 is 55.2 Å². The standard InChI is InChI=1S/C23H12Br2F3N3O4/c24-17-9-13(8-14(12-29)22(32)30-16-4-2-1-3-5-16)10-18(25)21(17)35-20-7-6-15(23(26,27)28)11-19(20)31(33)34/h1-11H,(H,30,32)/b14-8+. The third kappa shape index (κ3) is 6.46. The molecular weight excluding hydrogens is 599 g/mol. The molecule has 7 nitrogen and oxygen atoms in total. The molecule has 0 saturated carbocycles. The van der Waals surface area contributed by atoms with E-state index in [1.165, 1.54) is 18.2 Å². The number of halogens is 5. The van der Waals surface area contributed by atoms with E-state index in [4.69, 9.17) is 4.74 Å². The van der Waals surface area contributed by atoms with Crippen LogP contribution in [0.5, 0.6) is 11.5 Å². The van der Waals surface area contributed by atoms with Crippen molar-refractivity contribution in [1.29, 1.82) is 5.26 Å². The van der Waals surface area contributed by atoms with Gasteiger partial charge in [0.1, 0.15) is 11.6 Å². The fraction of sp³-hybridized carbons (Fsp3) is 0.0435. The van der Waals surface area contributed by atoms with Gasteiger partial charge in [0.15, 0.2) is 5.75 Å². The van der Waals surface area contributed by atoms with Crippen molar-refractivity contribution in [1.82, 2.24) is 0 Å². The number of nitrogens with one attached hydrogen (secondary N) is 1. The Morgan fingerprint density at radius 2 is 1.71 bits per heavy atom. The summed E-state index contributed by atoms with van der Waals surface area (Å²) in [5, 5.41) is 23.3. The summed E-state index contributed by atoms with van der Waals surface area (Å²) in [5.41, 5.74) is -1.35. The number of nitriles is 1. The fourth-order valence-electron chi connectivity index (χ4n) is 2.83. The van der Waals surface area contributed by atoms with Crippen molar-refractivity contribution in [2.75, 3.05) is 5.32 Å². The Morgan fingerprint density at radius 1 is 1.09 bits per heavy atom. The highest BCUT2D eigenvalue weighted by Crippen LogP contribution is 2.42. The molecule has 35 heavy (non-hydrogen) atoms. The first-order chi connectivity index (χ1) is 16.5. The van der Waals surface area contributed by atoms with E-state index in [-0.39, 0.29) is 20.3 Å². The number of nitro benzene ring substituents is 1. The highest BCUT2D eigenvalue weighted by molar-refractivity contribution is 9.11. The number of para-hydroxylation sites is 1. The van der Waals surface area contributed by atoms with E-state index in [1.54, 1.807) is 30.3 Å². The Balaban J connectivity index is 1.91. The smallest absolute Gasteiger partial charge is 0.416 e. The minimum atomic E-state index is -4.76. The Kier molecular flexibility index (Phi) is 7.93. The van der Waals surface area contributed by atoms with Crippen molar-refractivity contribution < 1.29 is 27.6 Å². The first-order valence-electron chi connectivity index (χ1n) is 9.50. The van der Waals surface area contributed by atoms with Gasteiger partial charge >= 0.3 is 11.9 Å². The van der Waals surface area contributed by atoms with Crippen LogP contribution in [0.15, 0.2) is 75.2 Å². The van der Waals surface area contributed by atoms with Gasteiger partial charge in [0.05, 0.1) is 19.4 Å². The van der Waals surface area contributed by atoms with Crippen molar-refractivity contribution in [2.24, 2.45) is 0 Å². The van der Waals surface area contributed by atoms with Crippen molar-refractivity contribution in [2.45, 2.75) is 6.18 Å². The lowest BCUT2D eigenvalue weighted by molar-refractivity contribution is -0.385. The Morgan fingerprint density at radius 3 is 2.26 bits per heavy atom. The Labute approximate surface area is 213 Å². The molecular formula is C23H12Br2F3N3O4. The lowest BCUT2D eigenvalue weighted by Crippen LogP contribution is -2.13. The molecule has 0 saturated heterocycles. The van der Waals surface area contributed by atoms with Crippen LogP contribution in [-0.2, 0) is 11.0 Å². The number of nitrogens with zero attached hydrogens (tertiary/aromatic N) is 2. The number of hydrogen-bond donors (Lipinski definition) is 1. The number of ether oxygens (including phenoxy) is 1. The molecule has 0 bridgehead atoms. The Bertz CT molecular complexity index is 1350. The molecule has 3 aromatic carbocycles. The number of amides is 1. The maximum Gasteiger partial charge on any atom is 0.416 e. The average molecular weight is 611 g/mol. The number of nitro groups is 1. The minimum absolute atomic E-state index is 0.0391. The van der Waals surface area contributed by atoms with Crippen LogP contribution >= 0.6 is 31.9 Å². The maximum absolute atomic E-state index is 12.9. The van der Waals surface area contributed by atoms with Gasteiger partial charge in [-0.1, -0.05) is 18.2 Å². The second kappa shape index (κ2) is 10.7. The molecule has 0 unspecified atom stereocenters. The summed E-state index contributed by atoms with van der Waals surface area (Å²) in [7, 11) is 0. The first kappa shape index (κ1) is 25.9. The first-order valence-corrected chi connectivity index (χ1v) is 11.1. The molecule has 0 atom stereocenters. The zero-order valence-electron chi connectivity index (χ0n) is 17.3. The average Bonchev–Trinajstić information content (AvgIpc) is 2.79. The number of anilines is 1. The van der Waals surface area contributed by atoms with Crippen LogP contribution in [-0.4, -0.2) is 10.8 Å². The van der Waals surface area contributed by atoms with Gasteiger partial charge in [-0.05, 0) is 79.9 Å². The molecule has 3 aromatic rings. The van der Waals surface area contributed by atoms with Crippen LogP contribution in [0.3, 0.4) is 0 Å². The summed E-state index contributed by atoms with van der Waals surface area (Å²) in [6.07, 6.45) is -3.44. The molecule has 178 valence electrons. The SMILES string of the molecule is N#C/C(=C\c1cc(Br)c(Oc2ccc(C(F)(F)F)cc2[N+](=O)[O-])c(Br)c1)C(=O)Nc1ccccc1. The largest absolute Gasteiger partial charge is 0.448 e. The normalized spacial score (nSPS) is 11.5. The van der Waals surface area contributed by atoms with E-state index in [0.717, 1.165) is 6.07 Å². The zero-order chi connectivity index (χ0) is 25.8. The van der Waals surface area contributed by atoms with Gasteiger partial charge in [-0.15, -0.1) is 0 Å². The van der Waals surface area contributed by atoms with Gasteiger partial charge in [0.2, 0.25) is 5.75 Å². The summed E-state index contributed by atoms with van der Waals surface area (Å²) >= 11 is 6.50. The van der Waals surface area contributed by atoms with Gasteiger partial charge < -0.3 is 10.1 Å². The molecule has 0 aliphatic rings. The molecule has 1 amide bonds. The molecule has 0 aliphatic carbocycles. The van der Waals surface area contributed by atoms with Gasteiger partial charge in [-0.2, -0.15) is 18.4 Å². The topological polar surface area (TPSA) is 105 Å². The molecule has 3 rings (SSSR count). The van der Waals surface area contributed by atoms with E-state index in [0.29, 0.717) is 23.4 Å². The van der Waals surface area contributed by atoms with Crippen molar-refractivity contribution in [3.05, 3.63) is 96.4 Å².